The van der Waals surface area contributed by atoms with Crippen LogP contribution in [-0.4, -0.2) is 47.9 Å². The number of halogens is 2. The number of nitrogens with zero attached hydrogens (tertiary/aromatic N) is 1. The summed E-state index contributed by atoms with van der Waals surface area (Å²) in [6, 6.07) is 4.18. The summed E-state index contributed by atoms with van der Waals surface area (Å²) in [4.78, 5) is 15.6. The van der Waals surface area contributed by atoms with E-state index in [1.165, 1.54) is 39.0 Å². The van der Waals surface area contributed by atoms with Crippen LogP contribution in [0.5, 0.6) is 0 Å². The van der Waals surface area contributed by atoms with Gasteiger partial charge in [0, 0.05) is 16.6 Å². The molecule has 0 aromatic heterocycles. The summed E-state index contributed by atoms with van der Waals surface area (Å²) in [5.41, 5.74) is -1.42. The molecule has 0 bridgehead atoms. The molecule has 1 aromatic carbocycles. The van der Waals surface area contributed by atoms with Gasteiger partial charge < -0.3 is 10.2 Å². The number of carboxylic acid groups (broad SMARTS) is 1. The van der Waals surface area contributed by atoms with Gasteiger partial charge in [-0.2, -0.15) is 10.6 Å². The molecule has 7 nitrogen and oxygen atoms in total. The van der Waals surface area contributed by atoms with E-state index < -0.39 is 38.0 Å². The van der Waals surface area contributed by atoms with Crippen molar-refractivity contribution in [3.63, 3.8) is 0 Å². The summed E-state index contributed by atoms with van der Waals surface area (Å²) in [5, 5.41) is 19.7. The number of benzene rings is 1. The lowest BCUT2D eigenvalue weighted by Crippen LogP contribution is -2.59. The molecule has 146 valence electrons. The van der Waals surface area contributed by atoms with E-state index in [2.05, 4.69) is 26.2 Å². The van der Waals surface area contributed by atoms with Gasteiger partial charge in [-0.05, 0) is 45.4 Å². The lowest BCUT2D eigenvalue weighted by atomic mass is 9.86. The van der Waals surface area contributed by atoms with Crippen LogP contribution in [0.4, 0.5) is 9.18 Å². The quantitative estimate of drug-likeness (QED) is 0.477. The molecular weight excluding hydrogens is 431 g/mol. The number of amides is 1. The number of rotatable bonds is 3. The van der Waals surface area contributed by atoms with Crippen LogP contribution in [0.1, 0.15) is 32.8 Å². The predicted octanol–water partition coefficient (Wildman–Crippen LogP) is 3.76. The summed E-state index contributed by atoms with van der Waals surface area (Å²) in [7, 11) is -3.54. The van der Waals surface area contributed by atoms with Gasteiger partial charge in [0.1, 0.15) is 21.9 Å². The summed E-state index contributed by atoms with van der Waals surface area (Å²) in [5.74, 6) is -0.784. The maximum atomic E-state index is 14.6. The minimum Gasteiger partial charge on any atom is -0.465 e. The van der Waals surface area contributed by atoms with Gasteiger partial charge in [0.15, 0.2) is 0 Å². The maximum Gasteiger partial charge on any atom is 0.410 e. The molecule has 0 spiro atoms. The molecule has 2 atom stereocenters. The lowest BCUT2D eigenvalue weighted by Gasteiger charge is -2.59. The Morgan fingerprint density at radius 2 is 2.00 bits per heavy atom. The molecule has 1 aliphatic heterocycles. The van der Waals surface area contributed by atoms with Crippen LogP contribution in [0.3, 0.4) is 0 Å². The van der Waals surface area contributed by atoms with E-state index in [0.717, 1.165) is 0 Å². The number of aliphatic hydroxyl groups excluding tert-OH is 1. The predicted molar refractivity (Wildman–Crippen MR) is 102 cm³/mol. The Morgan fingerprint density at radius 1 is 1.38 bits per heavy atom. The monoisotopic (exact) mass is 452 g/mol. The fraction of sp³-hybridized carbons (Fsp3) is 0.500. The van der Waals surface area contributed by atoms with Crippen LogP contribution >= 0.6 is 26.5 Å². The van der Waals surface area contributed by atoms with Crippen LogP contribution < -0.4 is 5.32 Å². The van der Waals surface area contributed by atoms with Crippen LogP contribution in [0, 0.1) is 5.82 Å². The molecule has 1 aliphatic rings. The van der Waals surface area contributed by atoms with Gasteiger partial charge in [-0.1, -0.05) is 15.9 Å². The molecular formula is C16H22BrFN2O5S. The van der Waals surface area contributed by atoms with Gasteiger partial charge in [0.2, 0.25) is 0 Å². The SMILES string of the molecule is CC1(C)C(NC(=O)O)=N[C@](C)(c2cc(Br)ccc2F)[C@@H](CCO)S1(O)O. The van der Waals surface area contributed by atoms with Gasteiger partial charge >= 0.3 is 6.09 Å². The molecule has 0 aliphatic carbocycles. The van der Waals surface area contributed by atoms with E-state index in [1.54, 1.807) is 0 Å². The van der Waals surface area contributed by atoms with E-state index in [1.807, 2.05) is 0 Å². The molecule has 0 unspecified atom stereocenters. The average molecular weight is 453 g/mol. The molecule has 2 rings (SSSR count). The molecule has 1 amide bonds. The first kappa shape index (κ1) is 21.1. The van der Waals surface area contributed by atoms with Crippen molar-refractivity contribution in [3.05, 3.63) is 34.1 Å². The smallest absolute Gasteiger partial charge is 0.410 e. The molecule has 1 aromatic rings. The fourth-order valence-electron chi connectivity index (χ4n) is 3.22. The van der Waals surface area contributed by atoms with E-state index >= 15 is 0 Å². The van der Waals surface area contributed by atoms with E-state index in [-0.39, 0.29) is 24.4 Å². The molecule has 5 N–H and O–H groups in total. The van der Waals surface area contributed by atoms with Gasteiger partial charge in [-0.3, -0.25) is 19.4 Å². The molecule has 10 heteroatoms. The number of aliphatic imine (C=N–C) groups is 1. The van der Waals surface area contributed by atoms with E-state index in [9.17, 15) is 23.4 Å². The number of hydrogen-bond donors (Lipinski definition) is 5. The number of amidine groups is 1. The Balaban J connectivity index is 2.81. The standard InChI is InChI=1S/C16H22BrFN2O5S/c1-15(2)13(19-14(22)23)20-16(3,12(6-7-21)26(15,24)25)10-8-9(17)4-5-11(10)18/h4-5,8,12,21,24-25H,6-7H2,1-3H3,(H,19,20)(H,22,23)/t12-,16-/m1/s1. The Kier molecular flexibility index (Phi) is 5.75. The topological polar surface area (TPSA) is 122 Å². The number of aliphatic hydroxyl groups is 1. The zero-order valence-electron chi connectivity index (χ0n) is 14.5. The van der Waals surface area contributed by atoms with Crippen molar-refractivity contribution >= 4 is 38.4 Å². The normalized spacial score (nSPS) is 28.2. The average Bonchev–Trinajstić information content (AvgIpc) is 2.52. The Morgan fingerprint density at radius 3 is 2.54 bits per heavy atom. The molecule has 0 saturated carbocycles. The molecule has 0 fully saturated rings. The molecule has 0 saturated heterocycles. The first-order chi connectivity index (χ1) is 11.9. The molecule has 1 heterocycles. The second-order valence-corrected chi connectivity index (χ2v) is 10.5. The van der Waals surface area contributed by atoms with Crippen molar-refractivity contribution in [3.8, 4) is 0 Å². The second-order valence-electron chi connectivity index (χ2n) is 6.77. The number of nitrogens with one attached hydrogen (secondary N) is 1. The van der Waals surface area contributed by atoms with Crippen LogP contribution in [-0.2, 0) is 5.54 Å². The molecule has 26 heavy (non-hydrogen) atoms. The van der Waals surface area contributed by atoms with Gasteiger partial charge in [-0.25, -0.2) is 9.18 Å². The van der Waals surface area contributed by atoms with Crippen molar-refractivity contribution in [2.24, 2.45) is 4.99 Å². The highest BCUT2D eigenvalue weighted by Crippen LogP contribution is 2.65. The Labute approximate surface area is 160 Å². The summed E-state index contributed by atoms with van der Waals surface area (Å²) >= 11 is 3.26. The van der Waals surface area contributed by atoms with Crippen LogP contribution in [0.25, 0.3) is 0 Å². The highest BCUT2D eigenvalue weighted by molar-refractivity contribution is 9.10. The third-order valence-electron chi connectivity index (χ3n) is 4.78. The van der Waals surface area contributed by atoms with Gasteiger partial charge in [-0.15, -0.1) is 0 Å². The first-order valence-corrected chi connectivity index (χ1v) is 10.2. The fourth-order valence-corrected chi connectivity index (χ4v) is 5.93. The van der Waals surface area contributed by atoms with Crippen molar-refractivity contribution in [1.82, 2.24) is 5.32 Å². The maximum absolute atomic E-state index is 14.6. The lowest BCUT2D eigenvalue weighted by molar-refractivity contribution is 0.199. The number of carbonyl (C=O) groups is 1. The summed E-state index contributed by atoms with van der Waals surface area (Å²) < 4.78 is 35.8. The summed E-state index contributed by atoms with van der Waals surface area (Å²) in [6.07, 6.45) is -1.46. The van der Waals surface area contributed by atoms with Crippen molar-refractivity contribution < 1.29 is 28.5 Å². The summed E-state index contributed by atoms with van der Waals surface area (Å²) in [6.45, 7) is 4.06. The van der Waals surface area contributed by atoms with E-state index in [0.29, 0.717) is 4.47 Å². The minimum absolute atomic E-state index is 0.0436. The van der Waals surface area contributed by atoms with Crippen LogP contribution in [0.2, 0.25) is 0 Å². The van der Waals surface area contributed by atoms with E-state index in [4.69, 9.17) is 5.11 Å². The highest BCUT2D eigenvalue weighted by atomic mass is 79.9. The highest BCUT2D eigenvalue weighted by Gasteiger charge is 2.57. The van der Waals surface area contributed by atoms with Crippen molar-refractivity contribution in [2.45, 2.75) is 42.7 Å². The Bertz CT molecular complexity index is 758. The third-order valence-corrected chi connectivity index (χ3v) is 8.46. The van der Waals surface area contributed by atoms with Gasteiger partial charge in [0.25, 0.3) is 0 Å². The molecule has 0 radical (unpaired) electrons. The second kappa shape index (κ2) is 7.08. The minimum atomic E-state index is -3.54. The Hall–Kier alpha value is -1.20. The largest absolute Gasteiger partial charge is 0.465 e. The zero-order valence-corrected chi connectivity index (χ0v) is 16.9. The van der Waals surface area contributed by atoms with Crippen LogP contribution in [0.15, 0.2) is 27.7 Å². The van der Waals surface area contributed by atoms with Crippen molar-refractivity contribution in [2.75, 3.05) is 6.61 Å². The van der Waals surface area contributed by atoms with Gasteiger partial charge in [0.05, 0.1) is 5.25 Å². The van der Waals surface area contributed by atoms with Crippen molar-refractivity contribution in [1.29, 1.82) is 0 Å². The third kappa shape index (κ3) is 3.36. The zero-order chi connectivity index (χ0) is 19.9. The first-order valence-electron chi connectivity index (χ1n) is 7.81. The number of hydrogen-bond acceptors (Lipinski definition) is 5.